The summed E-state index contributed by atoms with van der Waals surface area (Å²) in [6.45, 7) is 6.54. The Bertz CT molecular complexity index is 284. The third-order valence-electron chi connectivity index (χ3n) is 3.03. The van der Waals surface area contributed by atoms with Crippen LogP contribution in [0.5, 0.6) is 0 Å². The third kappa shape index (κ3) is 3.35. The average Bonchev–Trinajstić information content (AvgIpc) is 2.18. The Balaban J connectivity index is 2.68. The molecule has 0 bridgehead atoms. The number of rotatable bonds is 5. The molecule has 1 rings (SSSR count). The lowest BCUT2D eigenvalue weighted by Gasteiger charge is -2.17. The van der Waals surface area contributed by atoms with Crippen LogP contribution in [0.4, 0.5) is 0 Å². The van der Waals surface area contributed by atoms with Gasteiger partial charge in [0.1, 0.15) is 0 Å². The van der Waals surface area contributed by atoms with Gasteiger partial charge < -0.3 is 5.73 Å². The molecular formula is C14H23N. The summed E-state index contributed by atoms with van der Waals surface area (Å²) in [6.07, 6.45) is 4.91. The van der Waals surface area contributed by atoms with Gasteiger partial charge in [-0.05, 0) is 37.0 Å². The van der Waals surface area contributed by atoms with E-state index in [9.17, 15) is 0 Å². The van der Waals surface area contributed by atoms with Crippen LogP contribution in [0.1, 0.15) is 55.3 Å². The van der Waals surface area contributed by atoms with Crippen LogP contribution in [0.3, 0.4) is 0 Å². The van der Waals surface area contributed by atoms with Crippen LogP contribution in [-0.2, 0) is 0 Å². The number of nitrogens with two attached hydrogens (primary N) is 1. The molecule has 0 unspecified atom stereocenters. The average molecular weight is 205 g/mol. The van der Waals surface area contributed by atoms with E-state index in [4.69, 9.17) is 5.73 Å². The van der Waals surface area contributed by atoms with Gasteiger partial charge in [0.2, 0.25) is 0 Å². The van der Waals surface area contributed by atoms with Gasteiger partial charge in [-0.25, -0.2) is 0 Å². The third-order valence-corrected chi connectivity index (χ3v) is 3.03. The zero-order valence-electron chi connectivity index (χ0n) is 10.2. The minimum absolute atomic E-state index is 0.220. The summed E-state index contributed by atoms with van der Waals surface area (Å²) < 4.78 is 0. The predicted molar refractivity (Wildman–Crippen MR) is 67.0 cm³/mol. The van der Waals surface area contributed by atoms with Crippen molar-refractivity contribution in [3.05, 3.63) is 34.9 Å². The van der Waals surface area contributed by atoms with Crippen molar-refractivity contribution in [2.24, 2.45) is 5.73 Å². The lowest BCUT2D eigenvalue weighted by atomic mass is 9.93. The normalized spacial score (nSPS) is 12.8. The molecule has 2 N–H and O–H groups in total. The fourth-order valence-corrected chi connectivity index (χ4v) is 2.17. The van der Waals surface area contributed by atoms with Gasteiger partial charge in [-0.15, -0.1) is 0 Å². The molecule has 0 aliphatic rings. The molecule has 0 radical (unpaired) electrons. The van der Waals surface area contributed by atoms with E-state index in [0.717, 1.165) is 6.42 Å². The van der Waals surface area contributed by atoms with Gasteiger partial charge in [0, 0.05) is 6.04 Å². The van der Waals surface area contributed by atoms with Crippen LogP contribution in [0, 0.1) is 13.8 Å². The maximum atomic E-state index is 6.24. The highest BCUT2D eigenvalue weighted by Crippen LogP contribution is 2.24. The van der Waals surface area contributed by atoms with E-state index in [1.165, 1.54) is 36.0 Å². The molecule has 1 nitrogen and oxygen atoms in total. The summed E-state index contributed by atoms with van der Waals surface area (Å²) in [5.74, 6) is 0. The molecule has 1 atom stereocenters. The minimum atomic E-state index is 0.220. The van der Waals surface area contributed by atoms with Crippen LogP contribution >= 0.6 is 0 Å². The van der Waals surface area contributed by atoms with Crippen molar-refractivity contribution in [3.63, 3.8) is 0 Å². The largest absolute Gasteiger partial charge is 0.324 e. The molecule has 0 heterocycles. The quantitative estimate of drug-likeness (QED) is 0.725. The summed E-state index contributed by atoms with van der Waals surface area (Å²) in [6, 6.07) is 6.63. The first-order valence-electron chi connectivity index (χ1n) is 5.98. The summed E-state index contributed by atoms with van der Waals surface area (Å²) in [7, 11) is 0. The van der Waals surface area contributed by atoms with Gasteiger partial charge >= 0.3 is 0 Å². The van der Waals surface area contributed by atoms with Gasteiger partial charge in [-0.1, -0.05) is 44.4 Å². The van der Waals surface area contributed by atoms with Gasteiger partial charge in [0.05, 0.1) is 0 Å². The Morgan fingerprint density at radius 3 is 2.27 bits per heavy atom. The van der Waals surface area contributed by atoms with Gasteiger partial charge in [-0.3, -0.25) is 0 Å². The van der Waals surface area contributed by atoms with Crippen molar-refractivity contribution < 1.29 is 0 Å². The van der Waals surface area contributed by atoms with Crippen molar-refractivity contribution in [1.82, 2.24) is 0 Å². The van der Waals surface area contributed by atoms with Gasteiger partial charge in [0.25, 0.3) is 0 Å². The molecular weight excluding hydrogens is 182 g/mol. The summed E-state index contributed by atoms with van der Waals surface area (Å²) in [5, 5.41) is 0. The molecule has 0 fully saturated rings. The first-order valence-corrected chi connectivity index (χ1v) is 5.98. The number of benzene rings is 1. The van der Waals surface area contributed by atoms with Crippen LogP contribution in [0.25, 0.3) is 0 Å². The Labute approximate surface area is 93.7 Å². The molecule has 0 aliphatic heterocycles. The first-order chi connectivity index (χ1) is 7.16. The second-order valence-corrected chi connectivity index (χ2v) is 4.41. The molecule has 0 amide bonds. The molecule has 0 aromatic heterocycles. The van der Waals surface area contributed by atoms with Crippen molar-refractivity contribution in [1.29, 1.82) is 0 Å². The van der Waals surface area contributed by atoms with Crippen molar-refractivity contribution in [2.45, 2.75) is 52.5 Å². The molecule has 1 aromatic rings. The van der Waals surface area contributed by atoms with E-state index in [2.05, 4.69) is 39.0 Å². The molecule has 0 aliphatic carbocycles. The number of hydrogen-bond acceptors (Lipinski definition) is 1. The molecule has 1 heteroatoms. The Morgan fingerprint density at radius 1 is 1.13 bits per heavy atom. The van der Waals surface area contributed by atoms with Crippen LogP contribution in [0.2, 0.25) is 0 Å². The molecule has 1 aromatic carbocycles. The van der Waals surface area contributed by atoms with E-state index in [1.807, 2.05) is 0 Å². The zero-order chi connectivity index (χ0) is 11.3. The Hall–Kier alpha value is -0.820. The predicted octanol–water partition coefficient (Wildman–Crippen LogP) is 3.88. The molecule has 0 saturated heterocycles. The summed E-state index contributed by atoms with van der Waals surface area (Å²) >= 11 is 0. The summed E-state index contributed by atoms with van der Waals surface area (Å²) in [4.78, 5) is 0. The topological polar surface area (TPSA) is 26.0 Å². The highest BCUT2D eigenvalue weighted by molar-refractivity contribution is 5.35. The van der Waals surface area contributed by atoms with Crippen LogP contribution < -0.4 is 5.73 Å². The highest BCUT2D eigenvalue weighted by Gasteiger charge is 2.10. The van der Waals surface area contributed by atoms with Gasteiger partial charge in [0.15, 0.2) is 0 Å². The van der Waals surface area contributed by atoms with Crippen LogP contribution in [-0.4, -0.2) is 0 Å². The first kappa shape index (κ1) is 12.3. The Kier molecular flexibility index (Phi) is 4.83. The highest BCUT2D eigenvalue weighted by atomic mass is 14.6. The monoisotopic (exact) mass is 205 g/mol. The minimum Gasteiger partial charge on any atom is -0.324 e. The van der Waals surface area contributed by atoms with E-state index < -0.39 is 0 Å². The van der Waals surface area contributed by atoms with Crippen molar-refractivity contribution in [3.8, 4) is 0 Å². The zero-order valence-corrected chi connectivity index (χ0v) is 10.2. The molecule has 0 spiro atoms. The molecule has 15 heavy (non-hydrogen) atoms. The number of aryl methyl sites for hydroxylation is 2. The fourth-order valence-electron chi connectivity index (χ4n) is 2.17. The van der Waals surface area contributed by atoms with E-state index >= 15 is 0 Å². The lowest BCUT2D eigenvalue weighted by Crippen LogP contribution is -2.13. The van der Waals surface area contributed by atoms with E-state index in [-0.39, 0.29) is 6.04 Å². The van der Waals surface area contributed by atoms with Crippen LogP contribution in [0.15, 0.2) is 18.2 Å². The fraction of sp³-hybridized carbons (Fsp3) is 0.571. The number of hydrogen-bond donors (Lipinski definition) is 1. The maximum Gasteiger partial charge on any atom is 0.0300 e. The van der Waals surface area contributed by atoms with Crippen molar-refractivity contribution in [2.75, 3.05) is 0 Å². The second kappa shape index (κ2) is 5.92. The van der Waals surface area contributed by atoms with Crippen molar-refractivity contribution >= 4 is 0 Å². The maximum absolute atomic E-state index is 6.24. The van der Waals surface area contributed by atoms with E-state index in [0.29, 0.717) is 0 Å². The van der Waals surface area contributed by atoms with Gasteiger partial charge in [-0.2, -0.15) is 0 Å². The second-order valence-electron chi connectivity index (χ2n) is 4.41. The lowest BCUT2D eigenvalue weighted by molar-refractivity contribution is 0.577. The van der Waals surface area contributed by atoms with E-state index in [1.54, 1.807) is 0 Å². The molecule has 0 saturated carbocycles. The number of unbranched alkanes of at least 4 members (excludes halogenated alkanes) is 2. The Morgan fingerprint density at radius 2 is 1.73 bits per heavy atom. The molecule has 84 valence electrons. The standard InChI is InChI=1S/C14H23N/c1-4-5-6-10-13(15)14-11(2)8-7-9-12(14)3/h7-9,13H,4-6,10,15H2,1-3H3/t13-/m0/s1. The smallest absolute Gasteiger partial charge is 0.0300 e. The summed E-state index contributed by atoms with van der Waals surface area (Å²) in [5.41, 5.74) is 10.3. The SMILES string of the molecule is CCCCC[C@H](N)c1c(C)cccc1C.